The lowest BCUT2D eigenvalue weighted by Gasteiger charge is -2.40. The number of halogens is 6. The Morgan fingerprint density at radius 3 is 2.50 bits per heavy atom. The number of anilines is 1. The summed E-state index contributed by atoms with van der Waals surface area (Å²) in [6.45, 7) is 0. The number of nitrogens with zero attached hydrogens (tertiary/aromatic N) is 1. The number of hydrogen-bond donors (Lipinski definition) is 1. The monoisotopic (exact) mass is 394 g/mol. The minimum Gasteiger partial charge on any atom is -0.302 e. The normalized spacial score (nSPS) is 32.9. The fourth-order valence-corrected chi connectivity index (χ4v) is 5.00. The molecule has 140 valence electrons. The quantitative estimate of drug-likeness (QED) is 0.744. The van der Waals surface area contributed by atoms with E-state index in [2.05, 4.69) is 10.3 Å². The highest BCUT2D eigenvalue weighted by atomic mass is 32.1. The zero-order valence-corrected chi connectivity index (χ0v) is 13.8. The average Bonchev–Trinajstić information content (AvgIpc) is 3.20. The molecule has 0 radical (unpaired) electrons. The molecule has 4 atom stereocenters. The summed E-state index contributed by atoms with van der Waals surface area (Å²) in [6, 6.07) is 6.92. The van der Waals surface area contributed by atoms with Crippen LogP contribution in [0.3, 0.4) is 0 Å². The Morgan fingerprint density at radius 1 is 1.19 bits per heavy atom. The third kappa shape index (κ3) is 2.20. The minimum atomic E-state index is -5.75. The number of para-hydroxylation sites is 1. The molecule has 0 spiro atoms. The fraction of sp³-hybridized carbons (Fsp3) is 0.500. The molecule has 0 unspecified atom stereocenters. The van der Waals surface area contributed by atoms with Crippen molar-refractivity contribution in [1.29, 1.82) is 0 Å². The number of thiazole rings is 1. The molecule has 2 aromatic rings. The van der Waals surface area contributed by atoms with Gasteiger partial charge in [-0.2, -0.15) is 13.2 Å². The summed E-state index contributed by atoms with van der Waals surface area (Å²) >= 11 is 1.10. The smallest absolute Gasteiger partial charge is 0.302 e. The van der Waals surface area contributed by atoms with Gasteiger partial charge in [0.1, 0.15) is 0 Å². The second-order valence-electron chi connectivity index (χ2n) is 6.69. The second-order valence-corrected chi connectivity index (χ2v) is 7.72. The van der Waals surface area contributed by atoms with E-state index in [9.17, 15) is 31.1 Å². The van der Waals surface area contributed by atoms with Gasteiger partial charge in [0, 0.05) is 17.8 Å². The van der Waals surface area contributed by atoms with Crippen LogP contribution in [0.15, 0.2) is 24.3 Å². The predicted molar refractivity (Wildman–Crippen MR) is 82.8 cm³/mol. The van der Waals surface area contributed by atoms with E-state index < -0.39 is 54.3 Å². The van der Waals surface area contributed by atoms with E-state index in [-0.39, 0.29) is 5.13 Å². The molecule has 4 rings (SSSR count). The number of fused-ring (bicyclic) bond motifs is 3. The van der Waals surface area contributed by atoms with Crippen LogP contribution in [-0.4, -0.2) is 28.7 Å². The Balaban J connectivity index is 1.60. The molecule has 1 aromatic heterocycles. The summed E-state index contributed by atoms with van der Waals surface area (Å²) in [5.41, 5.74) is -4.10. The maximum atomic E-state index is 14.5. The van der Waals surface area contributed by atoms with E-state index in [1.165, 1.54) is 0 Å². The number of carbonyl (C=O) groups excluding carboxylic acids is 1. The highest BCUT2D eigenvalue weighted by molar-refractivity contribution is 7.22. The van der Waals surface area contributed by atoms with E-state index in [0.717, 1.165) is 16.0 Å². The van der Waals surface area contributed by atoms with E-state index in [1.807, 2.05) is 0 Å². The Bertz CT molecular complexity index is 848. The van der Waals surface area contributed by atoms with Crippen LogP contribution in [0.4, 0.5) is 31.5 Å². The molecule has 0 aliphatic heterocycles. The molecule has 2 aliphatic rings. The van der Waals surface area contributed by atoms with Gasteiger partial charge in [0.15, 0.2) is 5.13 Å². The highest BCUT2D eigenvalue weighted by Gasteiger charge is 2.84. The number of alkyl halides is 6. The summed E-state index contributed by atoms with van der Waals surface area (Å²) in [7, 11) is 0. The van der Waals surface area contributed by atoms with Crippen LogP contribution >= 0.6 is 11.3 Å². The van der Waals surface area contributed by atoms with Crippen LogP contribution in [0.5, 0.6) is 0 Å². The van der Waals surface area contributed by atoms with Crippen LogP contribution < -0.4 is 5.32 Å². The van der Waals surface area contributed by atoms with Crippen molar-refractivity contribution in [3.8, 4) is 0 Å². The number of rotatable bonds is 2. The van der Waals surface area contributed by atoms with Crippen LogP contribution in [0.2, 0.25) is 0 Å². The Morgan fingerprint density at radius 2 is 1.88 bits per heavy atom. The van der Waals surface area contributed by atoms with Gasteiger partial charge in [-0.15, -0.1) is 0 Å². The summed E-state index contributed by atoms with van der Waals surface area (Å²) in [4.78, 5) is 16.5. The molecule has 2 fully saturated rings. The van der Waals surface area contributed by atoms with Crippen molar-refractivity contribution in [3.63, 3.8) is 0 Å². The van der Waals surface area contributed by atoms with Gasteiger partial charge in [-0.3, -0.25) is 4.79 Å². The number of amides is 1. The van der Waals surface area contributed by atoms with Crippen molar-refractivity contribution >= 4 is 32.6 Å². The van der Waals surface area contributed by atoms with Crippen molar-refractivity contribution in [1.82, 2.24) is 4.98 Å². The summed E-state index contributed by atoms with van der Waals surface area (Å²) in [6.07, 6.45) is -6.89. The van der Waals surface area contributed by atoms with Crippen molar-refractivity contribution in [2.45, 2.75) is 30.6 Å². The molecular weight excluding hydrogens is 382 g/mol. The lowest BCUT2D eigenvalue weighted by atomic mass is 9.75. The van der Waals surface area contributed by atoms with Crippen molar-refractivity contribution in [2.24, 2.45) is 17.8 Å². The van der Waals surface area contributed by atoms with E-state index in [4.69, 9.17) is 0 Å². The maximum absolute atomic E-state index is 14.5. The minimum absolute atomic E-state index is 0.141. The molecule has 0 saturated heterocycles. The Hall–Kier alpha value is -1.84. The molecule has 1 heterocycles. The zero-order valence-electron chi connectivity index (χ0n) is 13.0. The van der Waals surface area contributed by atoms with Crippen molar-refractivity contribution < 1.29 is 31.1 Å². The van der Waals surface area contributed by atoms with Crippen molar-refractivity contribution in [2.75, 3.05) is 5.32 Å². The van der Waals surface area contributed by atoms with Gasteiger partial charge >= 0.3 is 6.18 Å². The standard InChI is InChI=1S/C16H12F6N2OS/c17-14(16(20,21)22)9-6-7(15(14,18)19)5-8(9)12(25)24-13-23-10-3-1-2-4-11(10)26-13/h1-4,7-9H,5-6H2,(H,23,24,25)/t7-,8-,9-,14+/m0/s1. The number of carbonyl (C=O) groups is 1. The summed E-state index contributed by atoms with van der Waals surface area (Å²) in [5.74, 6) is -10.8. The molecule has 10 heteroatoms. The molecule has 1 amide bonds. The summed E-state index contributed by atoms with van der Waals surface area (Å²) in [5, 5.41) is 2.51. The molecule has 1 N–H and O–H groups in total. The van der Waals surface area contributed by atoms with Gasteiger partial charge in [0.2, 0.25) is 5.91 Å². The van der Waals surface area contributed by atoms with Gasteiger partial charge < -0.3 is 5.32 Å². The molecule has 26 heavy (non-hydrogen) atoms. The molecule has 2 bridgehead atoms. The number of benzene rings is 1. The number of hydrogen-bond acceptors (Lipinski definition) is 3. The first-order valence-corrected chi connectivity index (χ1v) is 8.67. The lowest BCUT2D eigenvalue weighted by molar-refractivity contribution is -0.321. The predicted octanol–water partition coefficient (Wildman–Crippen LogP) is 4.80. The van der Waals surface area contributed by atoms with E-state index >= 15 is 0 Å². The van der Waals surface area contributed by atoms with Gasteiger partial charge in [-0.25, -0.2) is 18.2 Å². The molecule has 3 nitrogen and oxygen atoms in total. The first-order chi connectivity index (χ1) is 12.1. The van der Waals surface area contributed by atoms with Gasteiger partial charge in [0.25, 0.3) is 11.6 Å². The van der Waals surface area contributed by atoms with Gasteiger partial charge in [0.05, 0.1) is 10.2 Å². The molecule has 2 aliphatic carbocycles. The Kier molecular flexibility index (Phi) is 3.61. The third-order valence-corrected chi connectivity index (χ3v) is 6.30. The first kappa shape index (κ1) is 17.6. The Labute approximate surface area is 147 Å². The molecular formula is C16H12F6N2OS. The fourth-order valence-electron chi connectivity index (χ4n) is 4.13. The first-order valence-electron chi connectivity index (χ1n) is 7.85. The maximum Gasteiger partial charge on any atom is 0.428 e. The van der Waals surface area contributed by atoms with Gasteiger partial charge in [-0.1, -0.05) is 23.5 Å². The largest absolute Gasteiger partial charge is 0.428 e. The SMILES string of the molecule is O=C(Nc1nc2ccccc2s1)[C@H]1C[C@H]2C[C@@H]1[C@](F)(C(F)(F)F)C2(F)F. The van der Waals surface area contributed by atoms with Crippen LogP contribution in [0, 0.1) is 17.8 Å². The summed E-state index contributed by atoms with van der Waals surface area (Å²) < 4.78 is 82.5. The lowest BCUT2D eigenvalue weighted by Crippen LogP contribution is -2.61. The molecule has 2 saturated carbocycles. The van der Waals surface area contributed by atoms with Crippen LogP contribution in [-0.2, 0) is 4.79 Å². The van der Waals surface area contributed by atoms with Gasteiger partial charge in [-0.05, 0) is 25.0 Å². The zero-order chi connectivity index (χ0) is 18.9. The molecule has 1 aromatic carbocycles. The number of aromatic nitrogens is 1. The van der Waals surface area contributed by atoms with Crippen molar-refractivity contribution in [3.05, 3.63) is 24.3 Å². The van der Waals surface area contributed by atoms with Crippen LogP contribution in [0.25, 0.3) is 10.2 Å². The highest BCUT2D eigenvalue weighted by Crippen LogP contribution is 2.68. The number of nitrogens with one attached hydrogen (secondary N) is 1. The average molecular weight is 394 g/mol. The van der Waals surface area contributed by atoms with Crippen LogP contribution in [0.1, 0.15) is 12.8 Å². The second kappa shape index (κ2) is 5.34. The van der Waals surface area contributed by atoms with E-state index in [0.29, 0.717) is 5.52 Å². The third-order valence-electron chi connectivity index (χ3n) is 5.34. The topological polar surface area (TPSA) is 42.0 Å². The van der Waals surface area contributed by atoms with E-state index in [1.54, 1.807) is 24.3 Å².